The number of hydrogen-bond acceptors (Lipinski definition) is 5. The molecule has 1 atom stereocenters. The Balaban J connectivity index is 1.67. The van der Waals surface area contributed by atoms with Crippen LogP contribution in [0.3, 0.4) is 0 Å². The van der Waals surface area contributed by atoms with E-state index in [9.17, 15) is 4.79 Å². The summed E-state index contributed by atoms with van der Waals surface area (Å²) in [6.07, 6.45) is 0.871. The van der Waals surface area contributed by atoms with Crippen LogP contribution in [0.15, 0.2) is 34.9 Å². The Morgan fingerprint density at radius 2 is 2.25 bits per heavy atom. The zero-order valence-corrected chi connectivity index (χ0v) is 14.3. The van der Waals surface area contributed by atoms with E-state index >= 15 is 0 Å². The van der Waals surface area contributed by atoms with Crippen LogP contribution in [0, 0.1) is 0 Å². The highest BCUT2D eigenvalue weighted by atomic mass is 35.5. The monoisotopic (exact) mass is 349 g/mol. The van der Waals surface area contributed by atoms with Crippen LogP contribution >= 0.6 is 11.6 Å². The van der Waals surface area contributed by atoms with Gasteiger partial charge < -0.3 is 19.5 Å². The van der Waals surface area contributed by atoms with Crippen LogP contribution in [0.4, 0.5) is 0 Å². The number of amides is 1. The minimum atomic E-state index is 0.0236. The molecule has 0 saturated carbocycles. The molecule has 6 nitrogen and oxygen atoms in total. The van der Waals surface area contributed by atoms with Gasteiger partial charge in [-0.3, -0.25) is 4.79 Å². The summed E-state index contributed by atoms with van der Waals surface area (Å²) in [5.41, 5.74) is 1.10. The molecule has 7 heteroatoms. The average molecular weight is 350 g/mol. The highest BCUT2D eigenvalue weighted by Gasteiger charge is 2.27. The first-order valence-electron chi connectivity index (χ1n) is 7.92. The van der Waals surface area contributed by atoms with Crippen LogP contribution in [0.1, 0.15) is 23.8 Å². The van der Waals surface area contributed by atoms with Crippen molar-refractivity contribution < 1.29 is 14.1 Å². The number of carbonyl (C=O) groups excluding carboxylic acids is 1. The van der Waals surface area contributed by atoms with Gasteiger partial charge in [0, 0.05) is 38.5 Å². The first kappa shape index (κ1) is 16.8. The normalized spacial score (nSPS) is 17.8. The van der Waals surface area contributed by atoms with E-state index < -0.39 is 0 Å². The van der Waals surface area contributed by atoms with Crippen molar-refractivity contribution in [2.45, 2.75) is 18.9 Å². The molecule has 1 amide bonds. The van der Waals surface area contributed by atoms with E-state index in [2.05, 4.69) is 10.5 Å². The second-order valence-electron chi connectivity index (χ2n) is 5.70. The van der Waals surface area contributed by atoms with Gasteiger partial charge in [-0.1, -0.05) is 28.9 Å². The molecule has 3 rings (SSSR count). The van der Waals surface area contributed by atoms with Crippen LogP contribution in [0.2, 0.25) is 5.15 Å². The predicted octanol–water partition coefficient (Wildman–Crippen LogP) is 2.44. The summed E-state index contributed by atoms with van der Waals surface area (Å²) in [5, 5.41) is 7.30. The number of aromatic nitrogens is 1. The molecule has 1 unspecified atom stereocenters. The first-order valence-corrected chi connectivity index (χ1v) is 8.30. The topological polar surface area (TPSA) is 67.6 Å². The standard InChI is InChI=1S/C17H20ClN3O3/c1-23-13-4-2-12(3-5-13)15-11-19-8-9-21(15)17(22)7-6-14-10-16(18)20-24-14/h2-5,10,15,19H,6-9,11H2,1H3. The van der Waals surface area contributed by atoms with Crippen molar-refractivity contribution in [3.05, 3.63) is 46.8 Å². The molecule has 2 aromatic rings. The van der Waals surface area contributed by atoms with Gasteiger partial charge in [0.2, 0.25) is 5.91 Å². The molecule has 0 spiro atoms. The van der Waals surface area contributed by atoms with E-state index in [1.807, 2.05) is 29.2 Å². The van der Waals surface area contributed by atoms with Crippen molar-refractivity contribution in [2.75, 3.05) is 26.7 Å². The number of ether oxygens (including phenoxy) is 1. The Hall–Kier alpha value is -2.05. The molecule has 1 saturated heterocycles. The van der Waals surface area contributed by atoms with Gasteiger partial charge in [-0.05, 0) is 17.7 Å². The molecule has 1 aromatic carbocycles. The maximum absolute atomic E-state index is 12.7. The lowest BCUT2D eigenvalue weighted by Gasteiger charge is -2.36. The number of halogens is 1. The lowest BCUT2D eigenvalue weighted by molar-refractivity contribution is -0.134. The van der Waals surface area contributed by atoms with Crippen molar-refractivity contribution in [1.82, 2.24) is 15.4 Å². The van der Waals surface area contributed by atoms with Crippen LogP contribution in [0.25, 0.3) is 0 Å². The number of nitrogens with zero attached hydrogens (tertiary/aromatic N) is 2. The Morgan fingerprint density at radius 3 is 2.92 bits per heavy atom. The number of benzene rings is 1. The van der Waals surface area contributed by atoms with E-state index in [0.717, 1.165) is 24.4 Å². The smallest absolute Gasteiger partial charge is 0.223 e. The van der Waals surface area contributed by atoms with Gasteiger partial charge in [0.15, 0.2) is 5.15 Å². The minimum Gasteiger partial charge on any atom is -0.497 e. The number of aryl methyl sites for hydroxylation is 1. The van der Waals surface area contributed by atoms with Gasteiger partial charge in [0.05, 0.1) is 13.2 Å². The van der Waals surface area contributed by atoms with E-state index in [4.69, 9.17) is 20.9 Å². The fourth-order valence-electron chi connectivity index (χ4n) is 2.91. The Morgan fingerprint density at radius 1 is 1.46 bits per heavy atom. The Kier molecular flexibility index (Phi) is 5.37. The van der Waals surface area contributed by atoms with Gasteiger partial charge in [-0.2, -0.15) is 0 Å². The number of rotatable bonds is 5. The molecule has 0 bridgehead atoms. The predicted molar refractivity (Wildman–Crippen MR) is 90.2 cm³/mol. The zero-order chi connectivity index (χ0) is 16.9. The van der Waals surface area contributed by atoms with Gasteiger partial charge >= 0.3 is 0 Å². The third-order valence-electron chi connectivity index (χ3n) is 4.18. The number of piperazine rings is 1. The van der Waals surface area contributed by atoms with Gasteiger partial charge in [0.25, 0.3) is 0 Å². The molecule has 2 heterocycles. The maximum Gasteiger partial charge on any atom is 0.223 e. The lowest BCUT2D eigenvalue weighted by atomic mass is 10.0. The molecule has 0 radical (unpaired) electrons. The molecule has 1 N–H and O–H groups in total. The molecule has 1 aromatic heterocycles. The van der Waals surface area contributed by atoms with Crippen LogP contribution < -0.4 is 10.1 Å². The summed E-state index contributed by atoms with van der Waals surface area (Å²) >= 11 is 5.73. The Bertz CT molecular complexity index is 687. The summed E-state index contributed by atoms with van der Waals surface area (Å²) in [6, 6.07) is 9.52. The second-order valence-corrected chi connectivity index (χ2v) is 6.08. The van der Waals surface area contributed by atoms with E-state index in [1.54, 1.807) is 13.2 Å². The SMILES string of the molecule is COc1ccc(C2CNCCN2C(=O)CCc2cc(Cl)no2)cc1. The molecule has 0 aliphatic carbocycles. The highest BCUT2D eigenvalue weighted by molar-refractivity contribution is 6.29. The number of hydrogen-bond donors (Lipinski definition) is 1. The summed E-state index contributed by atoms with van der Waals surface area (Å²) in [4.78, 5) is 14.6. The third kappa shape index (κ3) is 3.88. The van der Waals surface area contributed by atoms with Crippen molar-refractivity contribution in [3.8, 4) is 5.75 Å². The number of carbonyl (C=O) groups is 1. The lowest BCUT2D eigenvalue weighted by Crippen LogP contribution is -2.48. The highest BCUT2D eigenvalue weighted by Crippen LogP contribution is 2.25. The van der Waals surface area contributed by atoms with Gasteiger partial charge in [-0.15, -0.1) is 0 Å². The molecule has 128 valence electrons. The molecule has 1 fully saturated rings. The molecule has 1 aliphatic heterocycles. The maximum atomic E-state index is 12.7. The van der Waals surface area contributed by atoms with Crippen LogP contribution in [-0.4, -0.2) is 42.7 Å². The van der Waals surface area contributed by atoms with Crippen molar-refractivity contribution in [3.63, 3.8) is 0 Å². The fourth-order valence-corrected chi connectivity index (χ4v) is 3.06. The summed E-state index contributed by atoms with van der Waals surface area (Å²) in [6.45, 7) is 2.23. The van der Waals surface area contributed by atoms with Crippen molar-refractivity contribution in [2.24, 2.45) is 0 Å². The number of nitrogens with one attached hydrogen (secondary N) is 1. The van der Waals surface area contributed by atoms with Gasteiger partial charge in [-0.25, -0.2) is 0 Å². The van der Waals surface area contributed by atoms with Crippen molar-refractivity contribution >= 4 is 17.5 Å². The third-order valence-corrected chi connectivity index (χ3v) is 4.36. The van der Waals surface area contributed by atoms with Crippen molar-refractivity contribution in [1.29, 1.82) is 0 Å². The molecular weight excluding hydrogens is 330 g/mol. The summed E-state index contributed by atoms with van der Waals surface area (Å²) < 4.78 is 10.3. The van der Waals surface area contributed by atoms with E-state index in [0.29, 0.717) is 30.3 Å². The zero-order valence-electron chi connectivity index (χ0n) is 13.5. The first-order chi connectivity index (χ1) is 11.7. The van der Waals surface area contributed by atoms with E-state index in [1.165, 1.54) is 0 Å². The molecular formula is C17H20ClN3O3. The largest absolute Gasteiger partial charge is 0.497 e. The quantitative estimate of drug-likeness (QED) is 0.898. The molecule has 24 heavy (non-hydrogen) atoms. The second kappa shape index (κ2) is 7.68. The fraction of sp³-hybridized carbons (Fsp3) is 0.412. The van der Waals surface area contributed by atoms with Crippen LogP contribution in [-0.2, 0) is 11.2 Å². The van der Waals surface area contributed by atoms with E-state index in [-0.39, 0.29) is 11.9 Å². The molecule has 1 aliphatic rings. The number of methoxy groups -OCH3 is 1. The summed E-state index contributed by atoms with van der Waals surface area (Å²) in [5.74, 6) is 1.54. The average Bonchev–Trinajstić information content (AvgIpc) is 3.05. The minimum absolute atomic E-state index is 0.0236. The summed E-state index contributed by atoms with van der Waals surface area (Å²) in [7, 11) is 1.64. The van der Waals surface area contributed by atoms with Gasteiger partial charge in [0.1, 0.15) is 11.5 Å². The van der Waals surface area contributed by atoms with Crippen LogP contribution in [0.5, 0.6) is 5.75 Å². The Labute approximate surface area is 145 Å².